The van der Waals surface area contributed by atoms with E-state index in [1.807, 2.05) is 13.8 Å². The van der Waals surface area contributed by atoms with E-state index in [-0.39, 0.29) is 6.04 Å². The summed E-state index contributed by atoms with van der Waals surface area (Å²) in [6.07, 6.45) is -2.12. The molecule has 0 aliphatic carbocycles. The Morgan fingerprint density at radius 3 is 2.53 bits per heavy atom. The van der Waals surface area contributed by atoms with Crippen molar-refractivity contribution >= 4 is 0 Å². The van der Waals surface area contributed by atoms with Gasteiger partial charge in [-0.2, -0.15) is 8.78 Å². The van der Waals surface area contributed by atoms with Crippen LogP contribution in [0.2, 0.25) is 0 Å². The molecule has 17 heavy (non-hydrogen) atoms. The summed E-state index contributed by atoms with van der Waals surface area (Å²) in [6, 6.07) is 0.226. The summed E-state index contributed by atoms with van der Waals surface area (Å²) in [6.45, 7) is 4.24. The van der Waals surface area contributed by atoms with Crippen molar-refractivity contribution in [2.75, 3.05) is 19.6 Å². The van der Waals surface area contributed by atoms with Gasteiger partial charge in [0, 0.05) is 18.6 Å². The summed E-state index contributed by atoms with van der Waals surface area (Å²) in [5, 5.41) is 3.26. The van der Waals surface area contributed by atoms with E-state index in [4.69, 9.17) is 0 Å². The standard InChI is InChI=1S/C11H20F4N2/c1-3-16-9-4-5-17(8(2)6-9)7-11(14,15)10(12)13/h8-10,16H,3-7H2,1-2H3. The molecule has 1 aliphatic heterocycles. The zero-order chi connectivity index (χ0) is 13.1. The zero-order valence-corrected chi connectivity index (χ0v) is 10.2. The van der Waals surface area contributed by atoms with Gasteiger partial charge in [0.2, 0.25) is 0 Å². The summed E-state index contributed by atoms with van der Waals surface area (Å²) in [5.41, 5.74) is 0. The van der Waals surface area contributed by atoms with Gasteiger partial charge in [-0.05, 0) is 26.3 Å². The molecular formula is C11H20F4N2. The van der Waals surface area contributed by atoms with Crippen molar-refractivity contribution in [1.82, 2.24) is 10.2 Å². The molecule has 6 heteroatoms. The molecule has 0 aromatic carbocycles. The Kier molecular flexibility index (Phi) is 5.19. The van der Waals surface area contributed by atoms with Gasteiger partial charge in [-0.1, -0.05) is 6.92 Å². The minimum absolute atomic E-state index is 0.0857. The second-order valence-electron chi connectivity index (χ2n) is 4.66. The quantitative estimate of drug-likeness (QED) is 0.760. The van der Waals surface area contributed by atoms with E-state index in [1.165, 1.54) is 4.90 Å². The lowest BCUT2D eigenvalue weighted by molar-refractivity contribution is -0.148. The molecule has 1 rings (SSSR count). The van der Waals surface area contributed by atoms with E-state index < -0.39 is 18.9 Å². The number of nitrogens with one attached hydrogen (secondary N) is 1. The molecular weight excluding hydrogens is 236 g/mol. The molecule has 2 atom stereocenters. The molecule has 2 nitrogen and oxygen atoms in total. The predicted octanol–water partition coefficient (Wildman–Crippen LogP) is 2.35. The van der Waals surface area contributed by atoms with Gasteiger partial charge in [0.15, 0.2) is 0 Å². The number of nitrogens with zero attached hydrogens (tertiary/aromatic N) is 1. The Hall–Kier alpha value is -0.360. The van der Waals surface area contributed by atoms with Crippen LogP contribution >= 0.6 is 0 Å². The molecule has 1 saturated heterocycles. The molecule has 0 spiro atoms. The lowest BCUT2D eigenvalue weighted by Crippen LogP contribution is -2.52. The number of rotatable bonds is 5. The molecule has 2 unspecified atom stereocenters. The first kappa shape index (κ1) is 14.7. The SMILES string of the molecule is CCNC1CCN(CC(F)(F)C(F)F)C(C)C1. The van der Waals surface area contributed by atoms with Crippen LogP contribution in [0.15, 0.2) is 0 Å². The van der Waals surface area contributed by atoms with Gasteiger partial charge in [-0.3, -0.25) is 4.90 Å². The molecule has 0 aromatic heterocycles. The number of hydrogen-bond acceptors (Lipinski definition) is 2. The number of alkyl halides is 4. The zero-order valence-electron chi connectivity index (χ0n) is 10.2. The van der Waals surface area contributed by atoms with E-state index in [0.29, 0.717) is 12.6 Å². The molecule has 0 saturated carbocycles. The van der Waals surface area contributed by atoms with E-state index in [9.17, 15) is 17.6 Å². The van der Waals surface area contributed by atoms with Gasteiger partial charge >= 0.3 is 12.3 Å². The molecule has 1 fully saturated rings. The second-order valence-corrected chi connectivity index (χ2v) is 4.66. The van der Waals surface area contributed by atoms with Gasteiger partial charge in [-0.25, -0.2) is 8.78 Å². The fraction of sp³-hybridized carbons (Fsp3) is 1.00. The van der Waals surface area contributed by atoms with Crippen LogP contribution in [-0.4, -0.2) is 49.0 Å². The Balaban J connectivity index is 2.47. The Morgan fingerprint density at radius 2 is 2.06 bits per heavy atom. The number of hydrogen-bond donors (Lipinski definition) is 1. The predicted molar refractivity (Wildman–Crippen MR) is 58.7 cm³/mol. The largest absolute Gasteiger partial charge is 0.319 e. The van der Waals surface area contributed by atoms with Gasteiger partial charge < -0.3 is 5.32 Å². The lowest BCUT2D eigenvalue weighted by atomic mass is 9.98. The molecule has 102 valence electrons. The highest BCUT2D eigenvalue weighted by atomic mass is 19.3. The molecule has 0 bridgehead atoms. The third kappa shape index (κ3) is 4.10. The third-order valence-electron chi connectivity index (χ3n) is 3.24. The minimum Gasteiger partial charge on any atom is -0.314 e. The molecule has 1 N–H and O–H groups in total. The van der Waals surface area contributed by atoms with Crippen LogP contribution in [0.5, 0.6) is 0 Å². The maximum atomic E-state index is 12.9. The third-order valence-corrected chi connectivity index (χ3v) is 3.24. The first-order valence-corrected chi connectivity index (χ1v) is 6.00. The first-order valence-electron chi connectivity index (χ1n) is 6.00. The maximum absolute atomic E-state index is 12.9. The van der Waals surface area contributed by atoms with Crippen LogP contribution in [0.4, 0.5) is 17.6 Å². The van der Waals surface area contributed by atoms with Gasteiger partial charge in [0.1, 0.15) is 0 Å². The van der Waals surface area contributed by atoms with E-state index >= 15 is 0 Å². The van der Waals surface area contributed by atoms with Crippen molar-refractivity contribution < 1.29 is 17.6 Å². The molecule has 0 amide bonds. The van der Waals surface area contributed by atoms with E-state index in [1.54, 1.807) is 0 Å². The summed E-state index contributed by atoms with van der Waals surface area (Å²) in [4.78, 5) is 1.46. The summed E-state index contributed by atoms with van der Waals surface area (Å²) in [5.74, 6) is -3.90. The van der Waals surface area contributed by atoms with Crippen molar-refractivity contribution in [3.05, 3.63) is 0 Å². The molecule has 1 heterocycles. The topological polar surface area (TPSA) is 15.3 Å². The van der Waals surface area contributed by atoms with Crippen molar-refractivity contribution in [3.63, 3.8) is 0 Å². The lowest BCUT2D eigenvalue weighted by Gasteiger charge is -2.39. The van der Waals surface area contributed by atoms with Crippen LogP contribution < -0.4 is 5.32 Å². The highest BCUT2D eigenvalue weighted by Gasteiger charge is 2.43. The van der Waals surface area contributed by atoms with Gasteiger partial charge in [-0.15, -0.1) is 0 Å². The average molecular weight is 256 g/mol. The van der Waals surface area contributed by atoms with Gasteiger partial charge in [0.05, 0.1) is 6.54 Å². The highest BCUT2D eigenvalue weighted by molar-refractivity contribution is 4.86. The van der Waals surface area contributed by atoms with Crippen molar-refractivity contribution in [2.24, 2.45) is 0 Å². The van der Waals surface area contributed by atoms with Crippen molar-refractivity contribution in [1.29, 1.82) is 0 Å². The van der Waals surface area contributed by atoms with Crippen LogP contribution in [0.25, 0.3) is 0 Å². The average Bonchev–Trinajstić information content (AvgIpc) is 2.22. The Labute approximate surface area is 99.4 Å². The maximum Gasteiger partial charge on any atom is 0.319 e. The molecule has 0 radical (unpaired) electrons. The Morgan fingerprint density at radius 1 is 1.41 bits per heavy atom. The normalized spacial score (nSPS) is 27.7. The minimum atomic E-state index is -3.90. The van der Waals surface area contributed by atoms with Crippen LogP contribution in [0, 0.1) is 0 Å². The number of piperidine rings is 1. The van der Waals surface area contributed by atoms with E-state index in [0.717, 1.165) is 19.4 Å². The van der Waals surface area contributed by atoms with Crippen LogP contribution in [-0.2, 0) is 0 Å². The van der Waals surface area contributed by atoms with E-state index in [2.05, 4.69) is 5.32 Å². The summed E-state index contributed by atoms with van der Waals surface area (Å²) < 4.78 is 50.1. The van der Waals surface area contributed by atoms with Crippen LogP contribution in [0.3, 0.4) is 0 Å². The molecule has 1 aliphatic rings. The Bertz CT molecular complexity index is 236. The smallest absolute Gasteiger partial charge is 0.314 e. The fourth-order valence-electron chi connectivity index (χ4n) is 2.27. The second kappa shape index (κ2) is 6.00. The number of likely N-dealkylation sites (tertiary alicyclic amines) is 1. The van der Waals surface area contributed by atoms with Crippen molar-refractivity contribution in [2.45, 2.75) is 51.1 Å². The van der Waals surface area contributed by atoms with Crippen LogP contribution in [0.1, 0.15) is 26.7 Å². The van der Waals surface area contributed by atoms with Gasteiger partial charge in [0.25, 0.3) is 0 Å². The highest BCUT2D eigenvalue weighted by Crippen LogP contribution is 2.27. The first-order chi connectivity index (χ1) is 7.86. The number of halogens is 4. The van der Waals surface area contributed by atoms with Crippen molar-refractivity contribution in [3.8, 4) is 0 Å². The monoisotopic (exact) mass is 256 g/mol. The molecule has 0 aromatic rings. The summed E-state index contributed by atoms with van der Waals surface area (Å²) in [7, 11) is 0. The fourth-order valence-corrected chi connectivity index (χ4v) is 2.27. The summed E-state index contributed by atoms with van der Waals surface area (Å²) >= 11 is 0.